The molecular weight excluding hydrogens is 555 g/mol. The molecule has 0 unspecified atom stereocenters. The molecule has 46 heavy (non-hydrogen) atoms. The van der Waals surface area contributed by atoms with Gasteiger partial charge in [-0.1, -0.05) is 146 Å². The normalized spacial score (nSPS) is 13.0. The highest BCUT2D eigenvalue weighted by molar-refractivity contribution is 6.90. The maximum absolute atomic E-state index is 4.18. The molecule has 1 aliphatic rings. The van der Waals surface area contributed by atoms with Crippen molar-refractivity contribution in [3.8, 4) is 16.8 Å². The van der Waals surface area contributed by atoms with E-state index in [0.29, 0.717) is 0 Å². The lowest BCUT2D eigenvalue weighted by atomic mass is 9.46. The molecule has 1 aliphatic heterocycles. The molecule has 0 radical (unpaired) electrons. The first-order chi connectivity index (χ1) is 22.7. The van der Waals surface area contributed by atoms with Crippen LogP contribution in [0, 0.1) is 6.92 Å². The summed E-state index contributed by atoms with van der Waals surface area (Å²) in [5.74, 6) is 0. The van der Waals surface area contributed by atoms with E-state index in [4.69, 9.17) is 0 Å². The lowest BCUT2D eigenvalue weighted by Crippen LogP contribution is -2.52. The molecule has 3 heteroatoms. The number of hydrogen-bond donors (Lipinski definition) is 0. The predicted octanol–water partition coefficient (Wildman–Crippen LogP) is 8.18. The van der Waals surface area contributed by atoms with Gasteiger partial charge in [0.1, 0.15) is 0 Å². The minimum atomic E-state index is -0.0653. The largest absolute Gasteiger partial charge is 0.376 e. The van der Waals surface area contributed by atoms with Crippen LogP contribution in [0.2, 0.25) is 0 Å². The van der Waals surface area contributed by atoms with Gasteiger partial charge in [0.25, 0.3) is 0 Å². The van der Waals surface area contributed by atoms with Gasteiger partial charge in [-0.15, -0.1) is 0 Å². The SMILES string of the molecule is C=C/C=c1\c2n(c3cc(-c4ccccc4)ccc13)-c1ccccc1B(n1c3ccccc3c3cccc(C)c31)C=2c1ccccc1. The molecule has 0 spiro atoms. The van der Waals surface area contributed by atoms with Crippen LogP contribution in [0.4, 0.5) is 0 Å². The second-order valence-corrected chi connectivity index (χ2v) is 12.2. The zero-order chi connectivity index (χ0) is 30.8. The number of aromatic nitrogens is 2. The van der Waals surface area contributed by atoms with Gasteiger partial charge in [0.2, 0.25) is 0 Å². The Bertz CT molecular complexity index is 2610. The average Bonchev–Trinajstić information content (AvgIpc) is 3.62. The number of allylic oxidation sites excluding steroid dienone is 1. The molecule has 3 heterocycles. The van der Waals surface area contributed by atoms with E-state index in [-0.39, 0.29) is 6.85 Å². The molecule has 0 bridgehead atoms. The van der Waals surface area contributed by atoms with Crippen LogP contribution in [-0.2, 0) is 0 Å². The van der Waals surface area contributed by atoms with Crippen molar-refractivity contribution in [3.05, 3.63) is 180 Å². The van der Waals surface area contributed by atoms with Crippen LogP contribution in [0.25, 0.3) is 61.1 Å². The molecule has 6 aromatic carbocycles. The number of aryl methyl sites for hydroxylation is 1. The highest BCUT2D eigenvalue weighted by Gasteiger charge is 2.37. The monoisotopic (exact) mass is 586 g/mol. The van der Waals surface area contributed by atoms with E-state index in [9.17, 15) is 0 Å². The van der Waals surface area contributed by atoms with Crippen molar-refractivity contribution >= 4 is 56.6 Å². The Kier molecular flexibility index (Phi) is 6.01. The summed E-state index contributed by atoms with van der Waals surface area (Å²) in [6.45, 7) is 6.36. The number of para-hydroxylation sites is 3. The molecule has 0 N–H and O–H groups in total. The summed E-state index contributed by atoms with van der Waals surface area (Å²) in [7, 11) is 0. The van der Waals surface area contributed by atoms with Crippen LogP contribution in [0.1, 0.15) is 11.1 Å². The third-order valence-electron chi connectivity index (χ3n) is 9.68. The van der Waals surface area contributed by atoms with E-state index in [0.717, 1.165) is 0 Å². The van der Waals surface area contributed by atoms with Crippen LogP contribution in [0.5, 0.6) is 0 Å². The number of fused-ring (bicyclic) bond motifs is 8. The Morgan fingerprint density at radius 2 is 1.28 bits per heavy atom. The van der Waals surface area contributed by atoms with Crippen LogP contribution in [0.15, 0.2) is 158 Å². The van der Waals surface area contributed by atoms with Crippen molar-refractivity contribution in [2.75, 3.05) is 0 Å². The van der Waals surface area contributed by atoms with Gasteiger partial charge >= 0.3 is 6.85 Å². The molecular formula is C43H31BN2. The number of rotatable bonds is 4. The Morgan fingerprint density at radius 3 is 2.09 bits per heavy atom. The second kappa shape index (κ2) is 10.4. The Morgan fingerprint density at radius 1 is 0.587 bits per heavy atom. The van der Waals surface area contributed by atoms with Gasteiger partial charge in [0.15, 0.2) is 0 Å². The highest BCUT2D eigenvalue weighted by Crippen LogP contribution is 2.35. The summed E-state index contributed by atoms with van der Waals surface area (Å²) in [4.78, 5) is 0. The van der Waals surface area contributed by atoms with Crippen molar-refractivity contribution in [2.24, 2.45) is 0 Å². The van der Waals surface area contributed by atoms with E-state index in [1.165, 1.54) is 82.2 Å². The maximum atomic E-state index is 4.18. The third-order valence-corrected chi connectivity index (χ3v) is 9.68. The van der Waals surface area contributed by atoms with Gasteiger partial charge in [-0.2, -0.15) is 0 Å². The van der Waals surface area contributed by atoms with Gasteiger partial charge in [0, 0.05) is 38.1 Å². The summed E-state index contributed by atoms with van der Waals surface area (Å²) in [5.41, 5.74) is 12.4. The van der Waals surface area contributed by atoms with Crippen molar-refractivity contribution in [2.45, 2.75) is 6.92 Å². The summed E-state index contributed by atoms with van der Waals surface area (Å²) >= 11 is 0. The molecule has 0 saturated carbocycles. The Labute approximate surface area is 268 Å². The summed E-state index contributed by atoms with van der Waals surface area (Å²) in [5, 5.41) is 6.20. The van der Waals surface area contributed by atoms with Crippen LogP contribution in [0.3, 0.4) is 0 Å². The smallest absolute Gasteiger partial charge is 0.333 e. The maximum Gasteiger partial charge on any atom is 0.333 e. The second-order valence-electron chi connectivity index (χ2n) is 12.2. The summed E-state index contributed by atoms with van der Waals surface area (Å²) in [6, 6.07) is 53.1. The molecule has 216 valence electrons. The van der Waals surface area contributed by atoms with E-state index >= 15 is 0 Å². The molecule has 0 atom stereocenters. The minimum absolute atomic E-state index is 0.0653. The first kappa shape index (κ1) is 26.6. The molecule has 0 fully saturated rings. The third kappa shape index (κ3) is 3.78. The van der Waals surface area contributed by atoms with Crippen molar-refractivity contribution in [3.63, 3.8) is 0 Å². The van der Waals surface area contributed by atoms with Crippen LogP contribution < -0.4 is 16.0 Å². The molecule has 0 aliphatic carbocycles. The van der Waals surface area contributed by atoms with Gasteiger partial charge in [0.05, 0.1) is 10.9 Å². The first-order valence-electron chi connectivity index (χ1n) is 15.9. The van der Waals surface area contributed by atoms with Crippen LogP contribution >= 0.6 is 0 Å². The lowest BCUT2D eigenvalue weighted by Gasteiger charge is -2.29. The van der Waals surface area contributed by atoms with Crippen molar-refractivity contribution < 1.29 is 0 Å². The van der Waals surface area contributed by atoms with Gasteiger partial charge in [-0.05, 0) is 58.3 Å². The Hall–Kier alpha value is -5.80. The zero-order valence-electron chi connectivity index (χ0n) is 25.7. The molecule has 0 saturated heterocycles. The average molecular weight is 587 g/mol. The van der Waals surface area contributed by atoms with Gasteiger partial charge < -0.3 is 9.05 Å². The summed E-state index contributed by atoms with van der Waals surface area (Å²) in [6.07, 6.45) is 4.13. The van der Waals surface area contributed by atoms with Crippen LogP contribution in [-0.4, -0.2) is 15.9 Å². The Balaban J connectivity index is 1.53. The fraction of sp³-hybridized carbons (Fsp3) is 0.0233. The van der Waals surface area contributed by atoms with Crippen molar-refractivity contribution in [1.29, 1.82) is 0 Å². The molecule has 8 aromatic rings. The number of hydrogen-bond acceptors (Lipinski definition) is 0. The highest BCUT2D eigenvalue weighted by atomic mass is 15.0. The van der Waals surface area contributed by atoms with Gasteiger partial charge in [-0.25, -0.2) is 0 Å². The standard InChI is InChI=1S/C43H31BN2/c1-3-15-35-34-27-26-32(30-17-6-4-7-18-30)28-40(34)45-39-25-13-11-23-37(39)44(41(43(35)45)31-19-8-5-9-20-31)46-38-24-12-10-21-33(38)36-22-14-16-29(2)42(36)46/h3-28H,1H2,2H3/b35-15-. The lowest BCUT2D eigenvalue weighted by molar-refractivity contribution is 1.06. The first-order valence-corrected chi connectivity index (χ1v) is 15.9. The fourth-order valence-electron chi connectivity index (χ4n) is 7.81. The predicted molar refractivity (Wildman–Crippen MR) is 197 cm³/mol. The van der Waals surface area contributed by atoms with E-state index in [1.54, 1.807) is 0 Å². The fourth-order valence-corrected chi connectivity index (χ4v) is 7.81. The minimum Gasteiger partial charge on any atom is -0.376 e. The molecule has 0 amide bonds. The summed E-state index contributed by atoms with van der Waals surface area (Å²) < 4.78 is 5.11. The topological polar surface area (TPSA) is 9.86 Å². The van der Waals surface area contributed by atoms with Gasteiger partial charge in [-0.3, -0.25) is 0 Å². The number of benzene rings is 6. The van der Waals surface area contributed by atoms with E-state index < -0.39 is 0 Å². The molecule has 2 nitrogen and oxygen atoms in total. The van der Waals surface area contributed by atoms with Crippen molar-refractivity contribution in [1.82, 2.24) is 9.05 Å². The zero-order valence-corrected chi connectivity index (χ0v) is 25.7. The molecule has 2 aromatic heterocycles. The van der Waals surface area contributed by atoms with E-state index in [1.807, 2.05) is 6.08 Å². The quantitative estimate of drug-likeness (QED) is 0.184. The molecule has 9 rings (SSSR count). The van der Waals surface area contributed by atoms with E-state index in [2.05, 4.69) is 174 Å². The number of nitrogens with zero attached hydrogens (tertiary/aromatic N) is 2.